The van der Waals surface area contributed by atoms with Gasteiger partial charge >= 0.3 is 0 Å². The topological polar surface area (TPSA) is 24.9 Å². The zero-order valence-corrected chi connectivity index (χ0v) is 10.6. The van der Waals surface area contributed by atoms with Gasteiger partial charge in [0, 0.05) is 12.1 Å². The van der Waals surface area contributed by atoms with Crippen LogP contribution in [-0.4, -0.2) is 4.98 Å². The van der Waals surface area contributed by atoms with Crippen molar-refractivity contribution in [1.29, 1.82) is 0 Å². The first-order valence-corrected chi connectivity index (χ1v) is 5.85. The summed E-state index contributed by atoms with van der Waals surface area (Å²) < 4.78 is 39.6. The number of hydrogen-bond acceptors (Lipinski definition) is 2. The molecule has 18 heavy (non-hydrogen) atoms. The van der Waals surface area contributed by atoms with Gasteiger partial charge in [-0.25, -0.2) is 18.2 Å². The van der Waals surface area contributed by atoms with Gasteiger partial charge in [0.2, 0.25) is 0 Å². The van der Waals surface area contributed by atoms with Crippen LogP contribution in [0.2, 0.25) is 0 Å². The molecule has 0 bridgehead atoms. The average Bonchev–Trinajstić information content (AvgIpc) is 2.32. The summed E-state index contributed by atoms with van der Waals surface area (Å²) in [6.07, 6.45) is 0. The van der Waals surface area contributed by atoms with Crippen molar-refractivity contribution in [1.82, 2.24) is 4.98 Å². The summed E-state index contributed by atoms with van der Waals surface area (Å²) in [4.78, 5) is 4.12. The van der Waals surface area contributed by atoms with E-state index in [0.717, 1.165) is 6.07 Å². The fourth-order valence-electron chi connectivity index (χ4n) is 1.39. The molecule has 1 N–H and O–H groups in total. The van der Waals surface area contributed by atoms with E-state index in [1.807, 2.05) is 0 Å². The lowest BCUT2D eigenvalue weighted by Gasteiger charge is -2.08. The maximum Gasteiger partial charge on any atom is 0.161 e. The van der Waals surface area contributed by atoms with E-state index < -0.39 is 17.5 Å². The molecule has 0 radical (unpaired) electrons. The predicted octanol–water partition coefficient (Wildman–Crippen LogP) is 3.87. The molecule has 0 saturated carbocycles. The number of rotatable bonds is 3. The molecule has 0 aliphatic carbocycles. The number of aromatic nitrogens is 1. The summed E-state index contributed by atoms with van der Waals surface area (Å²) in [5.41, 5.74) is 0.546. The van der Waals surface area contributed by atoms with Crippen molar-refractivity contribution in [3.8, 4) is 0 Å². The van der Waals surface area contributed by atoms with Crippen LogP contribution in [0.25, 0.3) is 0 Å². The van der Waals surface area contributed by atoms with Gasteiger partial charge in [-0.05, 0) is 28.1 Å². The highest BCUT2D eigenvalue weighted by Crippen LogP contribution is 2.19. The molecule has 2 aromatic rings. The predicted molar refractivity (Wildman–Crippen MR) is 65.6 cm³/mol. The molecule has 0 saturated heterocycles. The van der Waals surface area contributed by atoms with Crippen LogP contribution in [0.4, 0.5) is 18.9 Å². The molecule has 1 aromatic carbocycles. The van der Waals surface area contributed by atoms with Crippen molar-refractivity contribution >= 4 is 21.6 Å². The summed E-state index contributed by atoms with van der Waals surface area (Å²) in [7, 11) is 0. The van der Waals surface area contributed by atoms with Crippen molar-refractivity contribution in [3.63, 3.8) is 0 Å². The Hall–Kier alpha value is -1.56. The van der Waals surface area contributed by atoms with Crippen molar-refractivity contribution in [2.24, 2.45) is 0 Å². The Kier molecular flexibility index (Phi) is 3.86. The molecular weight excluding hydrogens is 309 g/mol. The van der Waals surface area contributed by atoms with Crippen LogP contribution >= 0.6 is 15.9 Å². The minimum absolute atomic E-state index is 0.101. The quantitative estimate of drug-likeness (QED) is 0.686. The van der Waals surface area contributed by atoms with Gasteiger partial charge in [0.15, 0.2) is 11.6 Å². The third-order valence-electron chi connectivity index (χ3n) is 2.24. The fourth-order valence-corrected chi connectivity index (χ4v) is 1.77. The fraction of sp³-hybridized carbons (Fsp3) is 0.0833. The van der Waals surface area contributed by atoms with Crippen molar-refractivity contribution in [2.45, 2.75) is 6.54 Å². The molecular formula is C12H8BrF3N2. The lowest BCUT2D eigenvalue weighted by molar-refractivity contribution is 0.496. The van der Waals surface area contributed by atoms with Gasteiger partial charge in [-0.1, -0.05) is 6.07 Å². The number of anilines is 1. The first-order valence-electron chi connectivity index (χ1n) is 5.06. The van der Waals surface area contributed by atoms with E-state index in [2.05, 4.69) is 26.2 Å². The average molecular weight is 317 g/mol. The highest BCUT2D eigenvalue weighted by molar-refractivity contribution is 9.10. The van der Waals surface area contributed by atoms with Crippen molar-refractivity contribution in [3.05, 3.63) is 58.1 Å². The van der Waals surface area contributed by atoms with Crippen LogP contribution in [0.15, 0.2) is 34.9 Å². The van der Waals surface area contributed by atoms with E-state index in [1.54, 1.807) is 18.2 Å². The Labute approximate surface area is 110 Å². The van der Waals surface area contributed by atoms with E-state index >= 15 is 0 Å². The van der Waals surface area contributed by atoms with Gasteiger partial charge in [-0.2, -0.15) is 0 Å². The molecule has 0 spiro atoms. The maximum atomic E-state index is 13.3. The summed E-state index contributed by atoms with van der Waals surface area (Å²) in [5, 5.41) is 2.66. The number of nitrogens with zero attached hydrogens (tertiary/aromatic N) is 1. The lowest BCUT2D eigenvalue weighted by Crippen LogP contribution is -2.04. The van der Waals surface area contributed by atoms with E-state index in [1.165, 1.54) is 0 Å². The van der Waals surface area contributed by atoms with Gasteiger partial charge in [0.1, 0.15) is 10.4 Å². The Morgan fingerprint density at radius 2 is 1.78 bits per heavy atom. The van der Waals surface area contributed by atoms with E-state index in [0.29, 0.717) is 16.4 Å². The SMILES string of the molecule is Fc1cc(F)c(NCc2cccc(Br)n2)cc1F. The molecule has 0 amide bonds. The second-order valence-electron chi connectivity index (χ2n) is 3.55. The van der Waals surface area contributed by atoms with E-state index in [4.69, 9.17) is 0 Å². The van der Waals surface area contributed by atoms with Crippen LogP contribution in [0.3, 0.4) is 0 Å². The zero-order chi connectivity index (χ0) is 13.1. The van der Waals surface area contributed by atoms with Gasteiger partial charge in [0.25, 0.3) is 0 Å². The molecule has 2 rings (SSSR count). The molecule has 1 aromatic heterocycles. The number of benzene rings is 1. The smallest absolute Gasteiger partial charge is 0.161 e. The number of hydrogen-bond donors (Lipinski definition) is 1. The minimum atomic E-state index is -1.21. The van der Waals surface area contributed by atoms with Crippen LogP contribution in [0.1, 0.15) is 5.69 Å². The normalized spacial score (nSPS) is 10.4. The van der Waals surface area contributed by atoms with Crippen LogP contribution < -0.4 is 5.32 Å². The third-order valence-corrected chi connectivity index (χ3v) is 2.68. The Bertz CT molecular complexity index is 575. The second kappa shape index (κ2) is 5.39. The number of nitrogens with one attached hydrogen (secondary N) is 1. The summed E-state index contributed by atoms with van der Waals surface area (Å²) in [6, 6.07) is 6.54. The first-order chi connectivity index (χ1) is 8.56. The molecule has 0 aliphatic rings. The highest BCUT2D eigenvalue weighted by atomic mass is 79.9. The zero-order valence-electron chi connectivity index (χ0n) is 9.05. The minimum Gasteiger partial charge on any atom is -0.377 e. The van der Waals surface area contributed by atoms with Crippen LogP contribution in [0, 0.1) is 17.5 Å². The molecule has 2 nitrogen and oxygen atoms in total. The van der Waals surface area contributed by atoms with Gasteiger partial charge < -0.3 is 5.32 Å². The van der Waals surface area contributed by atoms with Crippen LogP contribution in [0.5, 0.6) is 0 Å². The highest BCUT2D eigenvalue weighted by Gasteiger charge is 2.09. The summed E-state index contributed by atoms with van der Waals surface area (Å²) >= 11 is 3.20. The Morgan fingerprint density at radius 3 is 2.50 bits per heavy atom. The lowest BCUT2D eigenvalue weighted by atomic mass is 10.2. The molecule has 94 valence electrons. The van der Waals surface area contributed by atoms with Gasteiger partial charge in [-0.3, -0.25) is 0 Å². The molecule has 0 unspecified atom stereocenters. The monoisotopic (exact) mass is 316 g/mol. The third kappa shape index (κ3) is 3.01. The summed E-state index contributed by atoms with van der Waals surface area (Å²) in [6.45, 7) is 0.210. The molecule has 0 fully saturated rings. The van der Waals surface area contributed by atoms with Gasteiger partial charge in [-0.15, -0.1) is 0 Å². The van der Waals surface area contributed by atoms with Crippen molar-refractivity contribution < 1.29 is 13.2 Å². The van der Waals surface area contributed by atoms with Crippen LogP contribution in [-0.2, 0) is 6.54 Å². The standard InChI is InChI=1S/C12H8BrF3N2/c13-12-3-1-2-7(18-12)6-17-11-5-9(15)8(14)4-10(11)16/h1-5,17H,6H2. The molecule has 6 heteroatoms. The molecule has 0 aliphatic heterocycles. The Balaban J connectivity index is 2.13. The number of pyridine rings is 1. The van der Waals surface area contributed by atoms with E-state index in [9.17, 15) is 13.2 Å². The Morgan fingerprint density at radius 1 is 1.06 bits per heavy atom. The maximum absolute atomic E-state index is 13.3. The van der Waals surface area contributed by atoms with Crippen molar-refractivity contribution in [2.75, 3.05) is 5.32 Å². The second-order valence-corrected chi connectivity index (χ2v) is 4.36. The molecule has 0 atom stereocenters. The largest absolute Gasteiger partial charge is 0.377 e. The molecule has 1 heterocycles. The van der Waals surface area contributed by atoms with Gasteiger partial charge in [0.05, 0.1) is 17.9 Å². The summed E-state index contributed by atoms with van der Waals surface area (Å²) in [5.74, 6) is -3.15. The number of halogens is 4. The first kappa shape index (κ1) is 12.9. The van der Waals surface area contributed by atoms with E-state index in [-0.39, 0.29) is 12.2 Å².